The number of fused-ring (bicyclic) bond motifs is 1. The molecule has 0 fully saturated rings. The van der Waals surface area contributed by atoms with Crippen LogP contribution in [0.5, 0.6) is 5.88 Å². The van der Waals surface area contributed by atoms with Gasteiger partial charge in [0.15, 0.2) is 0 Å². The number of nitrogens with zero attached hydrogens (tertiary/aromatic N) is 5. The molecule has 1 atom stereocenters. The number of amides is 1. The van der Waals surface area contributed by atoms with Crippen molar-refractivity contribution in [2.24, 2.45) is 0 Å². The van der Waals surface area contributed by atoms with Gasteiger partial charge in [0.2, 0.25) is 11.8 Å². The smallest absolute Gasteiger partial charge is 0.243 e. The van der Waals surface area contributed by atoms with Crippen molar-refractivity contribution < 1.29 is 9.53 Å². The Morgan fingerprint density at radius 1 is 1.30 bits per heavy atom. The van der Waals surface area contributed by atoms with Crippen LogP contribution < -0.4 is 15.4 Å². The zero-order valence-corrected chi connectivity index (χ0v) is 18.8. The van der Waals surface area contributed by atoms with Gasteiger partial charge in [0.25, 0.3) is 0 Å². The van der Waals surface area contributed by atoms with Crippen molar-refractivity contribution in [3.8, 4) is 23.1 Å². The van der Waals surface area contributed by atoms with Crippen LogP contribution in [0.2, 0.25) is 0 Å². The molecule has 1 aromatic carbocycles. The minimum Gasteiger partial charge on any atom is -0.470 e. The number of aromatic nitrogens is 3. The number of carbonyl (C=O) groups excluding carboxylic acids is 1. The van der Waals surface area contributed by atoms with Gasteiger partial charge < -0.3 is 20.3 Å². The highest BCUT2D eigenvalue weighted by Gasteiger charge is 2.21. The van der Waals surface area contributed by atoms with Crippen LogP contribution in [0.25, 0.3) is 11.1 Å². The predicted octanol–water partition coefficient (Wildman–Crippen LogP) is 1.91. The fraction of sp³-hybridized carbons (Fsp3) is 0.333. The van der Waals surface area contributed by atoms with Crippen LogP contribution in [0.1, 0.15) is 11.1 Å². The number of anilines is 1. The molecule has 0 unspecified atom stereocenters. The number of carbonyl (C=O) groups is 1. The largest absolute Gasteiger partial charge is 0.470 e. The summed E-state index contributed by atoms with van der Waals surface area (Å²) in [4.78, 5) is 17.9. The Morgan fingerprint density at radius 2 is 2.12 bits per heavy atom. The molecule has 2 aromatic heterocycles. The van der Waals surface area contributed by atoms with Gasteiger partial charge in [-0.15, -0.1) is 0 Å². The number of hydrogen-bond acceptors (Lipinski definition) is 7. The van der Waals surface area contributed by atoms with Crippen molar-refractivity contribution in [2.45, 2.75) is 19.1 Å². The number of rotatable bonds is 8. The van der Waals surface area contributed by atoms with Gasteiger partial charge in [0.05, 0.1) is 30.1 Å². The van der Waals surface area contributed by atoms with E-state index in [0.29, 0.717) is 24.5 Å². The lowest BCUT2D eigenvalue weighted by Crippen LogP contribution is -2.40. The maximum Gasteiger partial charge on any atom is 0.243 e. The molecule has 0 saturated carbocycles. The SMILES string of the molecule is CN(C)C(=O)Cn1cc(-c2cnc3c(c2)NC[C@@H](CNCCc2ccc(C#N)cc2)O3)cn1. The molecule has 170 valence electrons. The van der Waals surface area contributed by atoms with Gasteiger partial charge >= 0.3 is 0 Å². The van der Waals surface area contributed by atoms with Gasteiger partial charge in [-0.25, -0.2) is 4.98 Å². The maximum absolute atomic E-state index is 11.9. The molecule has 9 nitrogen and oxygen atoms in total. The second kappa shape index (κ2) is 10.1. The third-order valence-electron chi connectivity index (χ3n) is 5.46. The van der Waals surface area contributed by atoms with Gasteiger partial charge in [-0.3, -0.25) is 9.48 Å². The lowest BCUT2D eigenvalue weighted by Gasteiger charge is -2.27. The molecule has 1 aliphatic heterocycles. The first kappa shape index (κ1) is 22.3. The Bertz CT molecular complexity index is 1150. The molecule has 0 aliphatic carbocycles. The molecule has 33 heavy (non-hydrogen) atoms. The monoisotopic (exact) mass is 445 g/mol. The summed E-state index contributed by atoms with van der Waals surface area (Å²) >= 11 is 0. The Labute approximate surface area is 193 Å². The Balaban J connectivity index is 1.28. The van der Waals surface area contributed by atoms with Crippen molar-refractivity contribution in [3.63, 3.8) is 0 Å². The molecule has 1 aliphatic rings. The topological polar surface area (TPSA) is 108 Å². The van der Waals surface area contributed by atoms with E-state index < -0.39 is 0 Å². The molecule has 3 aromatic rings. The van der Waals surface area contributed by atoms with E-state index in [1.807, 2.05) is 36.5 Å². The summed E-state index contributed by atoms with van der Waals surface area (Å²) in [6.07, 6.45) is 6.21. The summed E-state index contributed by atoms with van der Waals surface area (Å²) in [6.45, 7) is 2.41. The summed E-state index contributed by atoms with van der Waals surface area (Å²) in [5, 5.41) is 20.0. The molecular formula is C24H27N7O2. The molecule has 0 spiro atoms. The highest BCUT2D eigenvalue weighted by molar-refractivity contribution is 5.75. The summed E-state index contributed by atoms with van der Waals surface area (Å²) in [5.41, 5.74) is 4.52. The van der Waals surface area contributed by atoms with Crippen LogP contribution >= 0.6 is 0 Å². The van der Waals surface area contributed by atoms with Gasteiger partial charge in [0.1, 0.15) is 12.6 Å². The van der Waals surface area contributed by atoms with Gasteiger partial charge in [-0.2, -0.15) is 10.4 Å². The van der Waals surface area contributed by atoms with E-state index in [1.54, 1.807) is 36.1 Å². The first-order valence-corrected chi connectivity index (χ1v) is 10.8. The van der Waals surface area contributed by atoms with Crippen LogP contribution in [-0.2, 0) is 17.8 Å². The minimum atomic E-state index is -0.0170. The van der Waals surface area contributed by atoms with Crippen molar-refractivity contribution >= 4 is 11.6 Å². The first-order chi connectivity index (χ1) is 16.0. The number of pyridine rings is 1. The van der Waals surface area contributed by atoms with E-state index in [1.165, 1.54) is 5.56 Å². The third-order valence-corrected chi connectivity index (χ3v) is 5.46. The number of benzene rings is 1. The van der Waals surface area contributed by atoms with E-state index >= 15 is 0 Å². The molecule has 1 amide bonds. The Kier molecular flexibility index (Phi) is 6.86. The molecule has 0 radical (unpaired) electrons. The van der Waals surface area contributed by atoms with Crippen LogP contribution in [0.4, 0.5) is 5.69 Å². The molecule has 3 heterocycles. The molecular weight excluding hydrogens is 418 g/mol. The van der Waals surface area contributed by atoms with Gasteiger partial charge in [-0.05, 0) is 36.7 Å². The van der Waals surface area contributed by atoms with Crippen LogP contribution in [0.15, 0.2) is 48.9 Å². The van der Waals surface area contributed by atoms with E-state index in [4.69, 9.17) is 10.00 Å². The average molecular weight is 446 g/mol. The fourth-order valence-corrected chi connectivity index (χ4v) is 3.49. The minimum absolute atomic E-state index is 0.0140. The van der Waals surface area contributed by atoms with Crippen LogP contribution in [-0.4, -0.2) is 65.4 Å². The molecule has 0 bridgehead atoms. The summed E-state index contributed by atoms with van der Waals surface area (Å²) in [5.74, 6) is 0.568. The van der Waals surface area contributed by atoms with Crippen LogP contribution in [0, 0.1) is 11.3 Å². The lowest BCUT2D eigenvalue weighted by atomic mass is 10.1. The van der Waals surface area contributed by atoms with Gasteiger partial charge in [0, 0.05) is 44.2 Å². The lowest BCUT2D eigenvalue weighted by molar-refractivity contribution is -0.129. The standard InChI is InChI=1S/C24H27N7O2/c1-30(2)23(32)16-31-15-20(12-29-31)19-9-22-24(28-11-19)33-21(14-27-22)13-26-8-7-17-3-5-18(10-25)6-4-17/h3-6,9,11-12,15,21,26-27H,7-8,13-14,16H2,1-2H3/t21-/m1/s1. The summed E-state index contributed by atoms with van der Waals surface area (Å²) < 4.78 is 7.67. The predicted molar refractivity (Wildman–Crippen MR) is 125 cm³/mol. The molecule has 2 N–H and O–H groups in total. The zero-order valence-electron chi connectivity index (χ0n) is 18.8. The Morgan fingerprint density at radius 3 is 2.88 bits per heavy atom. The highest BCUT2D eigenvalue weighted by Crippen LogP contribution is 2.31. The number of hydrogen-bond donors (Lipinski definition) is 2. The quantitative estimate of drug-likeness (QED) is 0.510. The number of ether oxygens (including phenoxy) is 1. The van der Waals surface area contributed by atoms with E-state index in [-0.39, 0.29) is 18.6 Å². The van der Waals surface area contributed by atoms with Gasteiger partial charge in [-0.1, -0.05) is 12.1 Å². The Hall–Kier alpha value is -3.90. The van der Waals surface area contributed by atoms with Crippen LogP contribution in [0.3, 0.4) is 0 Å². The van der Waals surface area contributed by atoms with E-state index in [9.17, 15) is 4.79 Å². The van der Waals surface area contributed by atoms with Crippen molar-refractivity contribution in [2.75, 3.05) is 39.0 Å². The fourth-order valence-electron chi connectivity index (χ4n) is 3.49. The zero-order chi connectivity index (χ0) is 23.2. The van der Waals surface area contributed by atoms with Crippen molar-refractivity contribution in [1.29, 1.82) is 5.26 Å². The molecule has 4 rings (SSSR count). The number of nitrogens with one attached hydrogen (secondary N) is 2. The van der Waals surface area contributed by atoms with Crippen molar-refractivity contribution in [3.05, 3.63) is 60.0 Å². The van der Waals surface area contributed by atoms with E-state index in [0.717, 1.165) is 29.8 Å². The first-order valence-electron chi connectivity index (χ1n) is 10.8. The summed E-state index contributed by atoms with van der Waals surface area (Å²) in [7, 11) is 3.45. The molecule has 9 heteroatoms. The average Bonchev–Trinajstić information content (AvgIpc) is 3.30. The third kappa shape index (κ3) is 5.67. The highest BCUT2D eigenvalue weighted by atomic mass is 16.5. The second-order valence-electron chi connectivity index (χ2n) is 8.18. The second-order valence-corrected chi connectivity index (χ2v) is 8.18. The van der Waals surface area contributed by atoms with E-state index in [2.05, 4.69) is 26.8 Å². The maximum atomic E-state index is 11.9. The van der Waals surface area contributed by atoms with Crippen molar-refractivity contribution in [1.82, 2.24) is 25.0 Å². The molecule has 0 saturated heterocycles. The normalized spacial score (nSPS) is 14.5. The number of likely N-dealkylation sites (N-methyl/N-ethyl adjacent to an activating group) is 1. The summed E-state index contributed by atoms with van der Waals surface area (Å²) in [6, 6.07) is 11.8. The number of nitriles is 1.